The van der Waals surface area contributed by atoms with Gasteiger partial charge in [-0.15, -0.1) is 24.0 Å². The lowest BCUT2D eigenvalue weighted by atomic mass is 10.00. The van der Waals surface area contributed by atoms with E-state index in [0.717, 1.165) is 35.6 Å². The number of aliphatic imine (C=N–C) groups is 1. The van der Waals surface area contributed by atoms with Crippen molar-refractivity contribution in [1.29, 1.82) is 0 Å². The molecule has 1 aliphatic heterocycles. The molecule has 0 fully saturated rings. The van der Waals surface area contributed by atoms with Gasteiger partial charge >= 0.3 is 0 Å². The van der Waals surface area contributed by atoms with E-state index in [-0.39, 0.29) is 36.4 Å². The number of para-hydroxylation sites is 1. The molecule has 1 aliphatic rings. The number of amides is 1. The molecule has 0 atom stereocenters. The average molecular weight is 558 g/mol. The molecule has 2 N–H and O–H groups in total. The van der Waals surface area contributed by atoms with Crippen molar-refractivity contribution in [1.82, 2.24) is 25.3 Å². The maximum absolute atomic E-state index is 12.8. The fraction of sp³-hybridized carbons (Fsp3) is 0.320. The normalized spacial score (nSPS) is 13.2. The van der Waals surface area contributed by atoms with Gasteiger partial charge in [0.2, 0.25) is 5.91 Å². The topological polar surface area (TPSA) is 74.6 Å². The molecule has 1 amide bonds. The van der Waals surface area contributed by atoms with Gasteiger partial charge in [-0.05, 0) is 49.1 Å². The minimum absolute atomic E-state index is 0. The highest BCUT2D eigenvalue weighted by Gasteiger charge is 2.20. The zero-order chi connectivity index (χ0) is 22.5. The summed E-state index contributed by atoms with van der Waals surface area (Å²) in [5.41, 5.74) is 6.77. The Hall–Kier alpha value is -2.88. The van der Waals surface area contributed by atoms with E-state index in [0.29, 0.717) is 19.0 Å². The summed E-state index contributed by atoms with van der Waals surface area (Å²) in [7, 11) is 1.71. The van der Waals surface area contributed by atoms with Crippen molar-refractivity contribution in [3.05, 3.63) is 82.7 Å². The lowest BCUT2D eigenvalue weighted by Crippen LogP contribution is -2.45. The third kappa shape index (κ3) is 5.93. The number of rotatable bonds is 5. The van der Waals surface area contributed by atoms with Gasteiger partial charge in [-0.2, -0.15) is 5.10 Å². The highest BCUT2D eigenvalue weighted by Crippen LogP contribution is 2.19. The van der Waals surface area contributed by atoms with Crippen LogP contribution in [0.25, 0.3) is 5.69 Å². The maximum atomic E-state index is 12.8. The van der Waals surface area contributed by atoms with Gasteiger partial charge in [0.1, 0.15) is 0 Å². The number of halogens is 1. The summed E-state index contributed by atoms with van der Waals surface area (Å²) in [6.45, 7) is 6.24. The second kappa shape index (κ2) is 11.3. The summed E-state index contributed by atoms with van der Waals surface area (Å²) < 4.78 is 1.96. The number of carbonyl (C=O) groups is 1. The van der Waals surface area contributed by atoms with Crippen LogP contribution in [-0.2, 0) is 24.3 Å². The zero-order valence-corrected chi connectivity index (χ0v) is 21.7. The maximum Gasteiger partial charge on any atom is 0.242 e. The summed E-state index contributed by atoms with van der Waals surface area (Å²) in [5.74, 6) is 0.671. The summed E-state index contributed by atoms with van der Waals surface area (Å²) >= 11 is 0. The van der Waals surface area contributed by atoms with Crippen molar-refractivity contribution in [2.24, 2.45) is 4.99 Å². The second-order valence-corrected chi connectivity index (χ2v) is 8.08. The SMILES string of the molecule is CN=C(NCC(=O)N1CCc2ccccc2C1)NCc1ccccc1-n1nc(C)cc1C.I. The molecule has 0 bridgehead atoms. The number of nitrogens with zero attached hydrogens (tertiary/aromatic N) is 4. The smallest absolute Gasteiger partial charge is 0.242 e. The number of hydrogen-bond donors (Lipinski definition) is 2. The first kappa shape index (κ1) is 24.8. The van der Waals surface area contributed by atoms with Crippen molar-refractivity contribution < 1.29 is 4.79 Å². The monoisotopic (exact) mass is 558 g/mol. The van der Waals surface area contributed by atoms with Crippen molar-refractivity contribution in [3.63, 3.8) is 0 Å². The fourth-order valence-corrected chi connectivity index (χ4v) is 4.12. The van der Waals surface area contributed by atoms with E-state index >= 15 is 0 Å². The summed E-state index contributed by atoms with van der Waals surface area (Å²) in [6.07, 6.45) is 0.901. The Morgan fingerprint density at radius 3 is 2.52 bits per heavy atom. The Morgan fingerprint density at radius 1 is 1.06 bits per heavy atom. The molecular formula is C25H31IN6O. The summed E-state index contributed by atoms with van der Waals surface area (Å²) in [6, 6.07) is 18.6. The third-order valence-electron chi connectivity index (χ3n) is 5.79. The number of guanidine groups is 1. The van der Waals surface area contributed by atoms with Gasteiger partial charge < -0.3 is 15.5 Å². The first-order chi connectivity index (χ1) is 15.5. The number of benzene rings is 2. The number of fused-ring (bicyclic) bond motifs is 1. The number of carbonyl (C=O) groups excluding carboxylic acids is 1. The lowest BCUT2D eigenvalue weighted by Gasteiger charge is -2.29. The van der Waals surface area contributed by atoms with Gasteiger partial charge in [-0.1, -0.05) is 42.5 Å². The number of aryl methyl sites for hydroxylation is 2. The fourth-order valence-electron chi connectivity index (χ4n) is 4.12. The highest BCUT2D eigenvalue weighted by molar-refractivity contribution is 14.0. The Kier molecular flexibility index (Phi) is 8.49. The molecule has 8 heteroatoms. The number of aromatic nitrogens is 2. The molecular weight excluding hydrogens is 527 g/mol. The van der Waals surface area contributed by atoms with Crippen molar-refractivity contribution in [2.45, 2.75) is 33.4 Å². The van der Waals surface area contributed by atoms with Gasteiger partial charge in [-0.3, -0.25) is 9.79 Å². The highest BCUT2D eigenvalue weighted by atomic mass is 127. The molecule has 0 spiro atoms. The van der Waals surface area contributed by atoms with Crippen LogP contribution in [0, 0.1) is 13.8 Å². The molecule has 174 valence electrons. The van der Waals surface area contributed by atoms with E-state index in [1.54, 1.807) is 7.05 Å². The molecule has 2 heterocycles. The van der Waals surface area contributed by atoms with Crippen molar-refractivity contribution in [2.75, 3.05) is 20.1 Å². The number of nitrogens with one attached hydrogen (secondary N) is 2. The van der Waals surface area contributed by atoms with Crippen LogP contribution in [0.2, 0.25) is 0 Å². The third-order valence-corrected chi connectivity index (χ3v) is 5.79. The van der Waals surface area contributed by atoms with Crippen LogP contribution in [0.15, 0.2) is 59.6 Å². The van der Waals surface area contributed by atoms with E-state index in [1.807, 2.05) is 34.7 Å². The summed E-state index contributed by atoms with van der Waals surface area (Å²) in [4.78, 5) is 18.9. The first-order valence-electron chi connectivity index (χ1n) is 11.0. The molecule has 0 radical (unpaired) electrons. The first-order valence-corrected chi connectivity index (χ1v) is 11.0. The average Bonchev–Trinajstić information content (AvgIpc) is 3.16. The largest absolute Gasteiger partial charge is 0.352 e. The predicted molar refractivity (Wildman–Crippen MR) is 142 cm³/mol. The molecule has 3 aromatic rings. The van der Waals surface area contributed by atoms with Crippen molar-refractivity contribution >= 4 is 35.8 Å². The van der Waals surface area contributed by atoms with Gasteiger partial charge in [-0.25, -0.2) is 4.68 Å². The van der Waals surface area contributed by atoms with Crippen LogP contribution in [0.5, 0.6) is 0 Å². The zero-order valence-electron chi connectivity index (χ0n) is 19.3. The lowest BCUT2D eigenvalue weighted by molar-refractivity contribution is -0.130. The van der Waals surface area contributed by atoms with Crippen LogP contribution in [0.1, 0.15) is 28.1 Å². The van der Waals surface area contributed by atoms with Gasteiger partial charge in [0.05, 0.1) is 17.9 Å². The van der Waals surface area contributed by atoms with Gasteiger partial charge in [0.25, 0.3) is 0 Å². The Morgan fingerprint density at radius 2 is 1.79 bits per heavy atom. The predicted octanol–water partition coefficient (Wildman–Crippen LogP) is 3.36. The van der Waals surface area contributed by atoms with E-state index in [4.69, 9.17) is 0 Å². The molecule has 4 rings (SSSR count). The molecule has 0 unspecified atom stereocenters. The molecule has 0 saturated heterocycles. The molecule has 2 aromatic carbocycles. The van der Waals surface area contributed by atoms with E-state index < -0.39 is 0 Å². The molecule has 0 aliphatic carbocycles. The van der Waals surface area contributed by atoms with Gasteiger partial charge in [0, 0.05) is 32.4 Å². The number of hydrogen-bond acceptors (Lipinski definition) is 3. The van der Waals surface area contributed by atoms with Crippen LogP contribution in [-0.4, -0.2) is 46.7 Å². The van der Waals surface area contributed by atoms with Crippen LogP contribution < -0.4 is 10.6 Å². The Balaban J connectivity index is 0.00000306. The van der Waals surface area contributed by atoms with Crippen LogP contribution in [0.4, 0.5) is 0 Å². The van der Waals surface area contributed by atoms with Gasteiger partial charge in [0.15, 0.2) is 5.96 Å². The quantitative estimate of drug-likeness (QED) is 0.286. The minimum Gasteiger partial charge on any atom is -0.352 e. The molecule has 0 saturated carbocycles. The van der Waals surface area contributed by atoms with Crippen molar-refractivity contribution in [3.8, 4) is 5.69 Å². The van der Waals surface area contributed by atoms with E-state index in [9.17, 15) is 4.79 Å². The molecule has 33 heavy (non-hydrogen) atoms. The standard InChI is InChI=1S/C25H30N6O.HI/c1-18-14-19(2)31(29-18)23-11-7-6-9-21(23)15-27-25(26-3)28-16-24(32)30-13-12-20-8-4-5-10-22(20)17-30;/h4-11,14H,12-13,15-17H2,1-3H3,(H2,26,27,28);1H. The van der Waals surface area contributed by atoms with E-state index in [2.05, 4.69) is 64.0 Å². The second-order valence-electron chi connectivity index (χ2n) is 8.08. The van der Waals surface area contributed by atoms with Crippen LogP contribution >= 0.6 is 24.0 Å². The Bertz CT molecular complexity index is 1140. The molecule has 7 nitrogen and oxygen atoms in total. The molecule has 1 aromatic heterocycles. The van der Waals surface area contributed by atoms with Crippen LogP contribution in [0.3, 0.4) is 0 Å². The van der Waals surface area contributed by atoms with E-state index in [1.165, 1.54) is 11.1 Å². The summed E-state index contributed by atoms with van der Waals surface area (Å²) in [5, 5.41) is 11.1. The Labute approximate surface area is 212 Å². The minimum atomic E-state index is 0.